The van der Waals surface area contributed by atoms with Crippen molar-refractivity contribution in [3.05, 3.63) is 53.8 Å². The Labute approximate surface area is 201 Å². The number of aryl methyl sites for hydroxylation is 1. The summed E-state index contributed by atoms with van der Waals surface area (Å²) in [6.07, 6.45) is 1.34. The highest BCUT2D eigenvalue weighted by atomic mass is 32.2. The molecule has 2 heterocycles. The van der Waals surface area contributed by atoms with E-state index in [0.29, 0.717) is 57.9 Å². The Morgan fingerprint density at radius 3 is 2.41 bits per heavy atom. The third kappa shape index (κ3) is 5.20. The van der Waals surface area contributed by atoms with Gasteiger partial charge in [-0.2, -0.15) is 4.31 Å². The van der Waals surface area contributed by atoms with Crippen molar-refractivity contribution in [2.45, 2.75) is 31.6 Å². The molecule has 2 fully saturated rings. The molecule has 4 rings (SSSR count). The van der Waals surface area contributed by atoms with Gasteiger partial charge in [0, 0.05) is 45.0 Å². The van der Waals surface area contributed by atoms with Crippen molar-refractivity contribution in [2.75, 3.05) is 50.8 Å². The van der Waals surface area contributed by atoms with Crippen molar-refractivity contribution in [1.82, 2.24) is 9.21 Å². The molecule has 1 amide bonds. The summed E-state index contributed by atoms with van der Waals surface area (Å²) < 4.78 is 46.8. The molecular weight excluding hydrogens is 457 g/mol. The number of halogens is 1. The number of benzene rings is 2. The third-order valence-corrected chi connectivity index (χ3v) is 8.46. The molecule has 34 heavy (non-hydrogen) atoms. The average molecular weight is 490 g/mol. The molecule has 0 radical (unpaired) electrons. The first-order valence-electron chi connectivity index (χ1n) is 11.8. The van der Waals surface area contributed by atoms with Crippen molar-refractivity contribution in [3.8, 4) is 5.75 Å². The minimum absolute atomic E-state index is 0.0153. The molecule has 2 aromatic rings. The zero-order valence-electron chi connectivity index (χ0n) is 19.7. The van der Waals surface area contributed by atoms with E-state index in [-0.39, 0.29) is 29.1 Å². The van der Waals surface area contributed by atoms with Crippen LogP contribution in [-0.4, -0.2) is 69.4 Å². The summed E-state index contributed by atoms with van der Waals surface area (Å²) in [5, 5.41) is 0. The monoisotopic (exact) mass is 489 g/mol. The van der Waals surface area contributed by atoms with Crippen molar-refractivity contribution < 1.29 is 22.3 Å². The number of carbonyl (C=O) groups is 1. The number of hydrogen-bond acceptors (Lipinski definition) is 5. The van der Waals surface area contributed by atoms with E-state index in [0.717, 1.165) is 11.3 Å². The number of rotatable bonds is 6. The molecule has 2 aromatic carbocycles. The van der Waals surface area contributed by atoms with E-state index in [4.69, 9.17) is 4.74 Å². The second kappa shape index (κ2) is 10.3. The maximum Gasteiger partial charge on any atom is 0.243 e. The summed E-state index contributed by atoms with van der Waals surface area (Å²) in [5.74, 6) is 0.0777. The van der Waals surface area contributed by atoms with Gasteiger partial charge in [-0.25, -0.2) is 12.8 Å². The fraction of sp³-hybridized carbons (Fsp3) is 0.480. The number of anilines is 1. The molecule has 0 saturated carbocycles. The van der Waals surface area contributed by atoms with E-state index in [1.54, 1.807) is 30.3 Å². The third-order valence-electron chi connectivity index (χ3n) is 6.60. The fourth-order valence-electron chi connectivity index (χ4n) is 4.71. The van der Waals surface area contributed by atoms with Crippen LogP contribution in [0.4, 0.5) is 10.1 Å². The summed E-state index contributed by atoms with van der Waals surface area (Å²) in [4.78, 5) is 17.4. The predicted octanol–water partition coefficient (Wildman–Crippen LogP) is 3.28. The summed E-state index contributed by atoms with van der Waals surface area (Å²) in [5.41, 5.74) is 1.71. The van der Waals surface area contributed by atoms with Crippen molar-refractivity contribution >= 4 is 21.6 Å². The van der Waals surface area contributed by atoms with E-state index in [9.17, 15) is 17.6 Å². The second-order valence-corrected chi connectivity index (χ2v) is 10.8. The minimum Gasteiger partial charge on any atom is -0.494 e. The number of piperazine rings is 1. The van der Waals surface area contributed by atoms with Gasteiger partial charge >= 0.3 is 0 Å². The van der Waals surface area contributed by atoms with Crippen molar-refractivity contribution in [2.24, 2.45) is 5.92 Å². The lowest BCUT2D eigenvalue weighted by molar-refractivity contribution is -0.137. The molecule has 7 nitrogen and oxygen atoms in total. The number of hydrogen-bond donors (Lipinski definition) is 0. The molecule has 9 heteroatoms. The number of carbonyl (C=O) groups excluding carboxylic acids is 1. The van der Waals surface area contributed by atoms with Crippen molar-refractivity contribution in [3.63, 3.8) is 0 Å². The fourth-order valence-corrected chi connectivity index (χ4v) is 6.32. The van der Waals surface area contributed by atoms with Crippen LogP contribution in [0.15, 0.2) is 47.4 Å². The highest BCUT2D eigenvalue weighted by Crippen LogP contribution is 2.28. The lowest BCUT2D eigenvalue weighted by atomic mass is 9.97. The largest absolute Gasteiger partial charge is 0.494 e. The predicted molar refractivity (Wildman–Crippen MR) is 129 cm³/mol. The van der Waals surface area contributed by atoms with Crippen LogP contribution in [0.5, 0.6) is 5.75 Å². The van der Waals surface area contributed by atoms with Gasteiger partial charge in [-0.15, -0.1) is 0 Å². The molecule has 2 aliphatic heterocycles. The minimum atomic E-state index is -3.69. The summed E-state index contributed by atoms with van der Waals surface area (Å²) >= 11 is 0. The highest BCUT2D eigenvalue weighted by molar-refractivity contribution is 7.89. The Morgan fingerprint density at radius 2 is 1.76 bits per heavy atom. The van der Waals surface area contributed by atoms with Gasteiger partial charge in [-0.05, 0) is 74.7 Å². The van der Waals surface area contributed by atoms with Gasteiger partial charge in [-0.3, -0.25) is 4.79 Å². The van der Waals surface area contributed by atoms with E-state index < -0.39 is 10.0 Å². The Morgan fingerprint density at radius 1 is 1.06 bits per heavy atom. The first kappa shape index (κ1) is 24.5. The van der Waals surface area contributed by atoms with Crippen molar-refractivity contribution in [1.29, 1.82) is 0 Å². The van der Waals surface area contributed by atoms with E-state index in [1.165, 1.54) is 16.4 Å². The maximum atomic E-state index is 13.3. The molecular formula is C25H32FN3O4S. The van der Waals surface area contributed by atoms with Gasteiger partial charge in [0.25, 0.3) is 0 Å². The molecule has 0 aromatic heterocycles. The van der Waals surface area contributed by atoms with Crippen LogP contribution in [0.1, 0.15) is 25.3 Å². The van der Waals surface area contributed by atoms with Gasteiger partial charge < -0.3 is 14.5 Å². The van der Waals surface area contributed by atoms with Crippen LogP contribution in [-0.2, 0) is 14.8 Å². The smallest absolute Gasteiger partial charge is 0.243 e. The molecule has 2 saturated heterocycles. The second-order valence-electron chi connectivity index (χ2n) is 8.85. The Balaban J connectivity index is 1.39. The van der Waals surface area contributed by atoms with E-state index in [2.05, 4.69) is 4.90 Å². The van der Waals surface area contributed by atoms with Gasteiger partial charge in [0.15, 0.2) is 0 Å². The molecule has 0 spiro atoms. The lowest BCUT2D eigenvalue weighted by Crippen LogP contribution is -2.53. The summed E-state index contributed by atoms with van der Waals surface area (Å²) in [6.45, 7) is 7.31. The molecule has 1 atom stereocenters. The Hall–Kier alpha value is -2.65. The number of amides is 1. The maximum absolute atomic E-state index is 13.3. The summed E-state index contributed by atoms with van der Waals surface area (Å²) in [7, 11) is -3.69. The molecule has 0 unspecified atom stereocenters. The molecule has 2 aliphatic rings. The number of nitrogens with zero attached hydrogens (tertiary/aromatic N) is 3. The number of ether oxygens (including phenoxy) is 1. The Bertz CT molecular complexity index is 1120. The number of sulfonamides is 1. The Kier molecular flexibility index (Phi) is 7.42. The van der Waals surface area contributed by atoms with Crippen LogP contribution in [0.2, 0.25) is 0 Å². The van der Waals surface area contributed by atoms with Gasteiger partial charge in [0.05, 0.1) is 17.4 Å². The molecule has 184 valence electrons. The number of piperidine rings is 1. The van der Waals surface area contributed by atoms with Crippen LogP contribution < -0.4 is 9.64 Å². The quantitative estimate of drug-likeness (QED) is 0.623. The highest BCUT2D eigenvalue weighted by Gasteiger charge is 2.36. The van der Waals surface area contributed by atoms with E-state index in [1.807, 2.05) is 18.7 Å². The van der Waals surface area contributed by atoms with Gasteiger partial charge in [-0.1, -0.05) is 0 Å². The first-order chi connectivity index (χ1) is 16.3. The topological polar surface area (TPSA) is 70.2 Å². The lowest BCUT2D eigenvalue weighted by Gasteiger charge is -2.39. The SMILES string of the molecule is CCOc1ccc(S(=O)(=O)N2CCC[C@@H](C(=O)N3CCN(c4ccc(F)cc4)CC3)C2)cc1C. The van der Waals surface area contributed by atoms with E-state index >= 15 is 0 Å². The van der Waals surface area contributed by atoms with Crippen LogP contribution in [0, 0.1) is 18.7 Å². The van der Waals surface area contributed by atoms with Crippen LogP contribution in [0.3, 0.4) is 0 Å². The normalized spacial score (nSPS) is 19.8. The van der Waals surface area contributed by atoms with Crippen LogP contribution in [0.25, 0.3) is 0 Å². The first-order valence-corrected chi connectivity index (χ1v) is 13.3. The molecule has 0 N–H and O–H groups in total. The average Bonchev–Trinajstić information content (AvgIpc) is 2.85. The van der Waals surface area contributed by atoms with Gasteiger partial charge in [0.1, 0.15) is 11.6 Å². The molecule has 0 aliphatic carbocycles. The van der Waals surface area contributed by atoms with Gasteiger partial charge in [0.2, 0.25) is 15.9 Å². The zero-order valence-corrected chi connectivity index (χ0v) is 20.6. The molecule has 0 bridgehead atoms. The summed E-state index contributed by atoms with van der Waals surface area (Å²) in [6, 6.07) is 11.3. The van der Waals surface area contributed by atoms with Crippen LogP contribution >= 0.6 is 0 Å². The zero-order chi connectivity index (χ0) is 24.3. The standard InChI is InChI=1S/C25H32FN3O4S/c1-3-33-24-11-10-23(17-19(24)2)34(31,32)29-12-4-5-20(18-29)25(30)28-15-13-27(14-16-28)22-8-6-21(26)7-9-22/h6-11,17,20H,3-5,12-16,18H2,1-2H3/t20-/m1/s1.